The fraction of sp³-hybridized carbons (Fsp3) is 0.275. The number of allylic oxidation sites excluding steroid dienone is 4. The molecule has 0 aromatic heterocycles. The SMILES string of the molecule is C[Si](C)(C)c1cccc2c1-c1cc([Si](C)(C)C)c([Si](C)(C)C)c(C3=CC=CC3)c1[CH]2[Zr]=[C](c1ccccc1)c1ccccc1. The van der Waals surface area contributed by atoms with Gasteiger partial charge in [0.2, 0.25) is 0 Å². The molecule has 0 bridgehead atoms. The van der Waals surface area contributed by atoms with Gasteiger partial charge in [0.1, 0.15) is 0 Å². The number of hydrogen-bond donors (Lipinski definition) is 0. The Morgan fingerprint density at radius 1 is 0.636 bits per heavy atom. The number of benzene rings is 4. The van der Waals surface area contributed by atoms with Gasteiger partial charge in [-0.3, -0.25) is 0 Å². The van der Waals surface area contributed by atoms with Crippen LogP contribution < -0.4 is 15.6 Å². The van der Waals surface area contributed by atoms with Crippen molar-refractivity contribution in [2.45, 2.75) is 69.0 Å². The number of hydrogen-bond acceptors (Lipinski definition) is 0. The summed E-state index contributed by atoms with van der Waals surface area (Å²) in [6.07, 6.45) is 8.21. The molecule has 2 aliphatic carbocycles. The molecular weight excluding hydrogens is 656 g/mol. The van der Waals surface area contributed by atoms with Crippen molar-refractivity contribution in [1.82, 2.24) is 0 Å². The molecule has 4 heteroatoms. The van der Waals surface area contributed by atoms with Crippen molar-refractivity contribution in [2.75, 3.05) is 0 Å². The van der Waals surface area contributed by atoms with Crippen LogP contribution in [0.15, 0.2) is 103 Å². The Hall–Kier alpha value is -2.24. The molecular formula is C40H47Si3Zr. The molecule has 0 nitrogen and oxygen atoms in total. The quantitative estimate of drug-likeness (QED) is 0.169. The molecule has 4 aromatic rings. The van der Waals surface area contributed by atoms with Crippen LogP contribution in [0.4, 0.5) is 0 Å². The molecule has 0 amide bonds. The molecule has 4 aromatic carbocycles. The van der Waals surface area contributed by atoms with E-state index >= 15 is 0 Å². The molecule has 0 N–H and O–H groups in total. The summed E-state index contributed by atoms with van der Waals surface area (Å²) in [6, 6.07) is 32.8. The van der Waals surface area contributed by atoms with Crippen LogP contribution in [-0.4, -0.2) is 27.4 Å². The van der Waals surface area contributed by atoms with E-state index in [9.17, 15) is 0 Å². The van der Waals surface area contributed by atoms with Crippen molar-refractivity contribution in [3.05, 3.63) is 131 Å². The van der Waals surface area contributed by atoms with Crippen LogP contribution in [0.2, 0.25) is 58.9 Å². The van der Waals surface area contributed by atoms with Crippen molar-refractivity contribution in [3.8, 4) is 11.1 Å². The third-order valence-electron chi connectivity index (χ3n) is 9.21. The Bertz CT molecular complexity index is 1770. The van der Waals surface area contributed by atoms with E-state index in [-0.39, 0.29) is 0 Å². The molecule has 0 heterocycles. The fourth-order valence-corrected chi connectivity index (χ4v) is 18.9. The van der Waals surface area contributed by atoms with E-state index in [0.717, 1.165) is 6.42 Å². The summed E-state index contributed by atoms with van der Waals surface area (Å²) >= 11 is -1.22. The van der Waals surface area contributed by atoms with Gasteiger partial charge in [-0.25, -0.2) is 0 Å². The second-order valence-corrected chi connectivity index (χ2v) is 34.1. The standard InChI is InChI=1S/C27H37Si3.C13H10.Zr/c1-28(2,3)23-16-12-15-20-17-21-22(25(20)23)18-24(29(4,5)6)27(30(7,8)9)26(21)19-13-10-11-14-19;1-3-7-12(8-4-1)11-13-9-5-2-6-10-13;/h10-13,15-18H,14H2,1-9H3;1-10H;. The van der Waals surface area contributed by atoms with Crippen molar-refractivity contribution in [2.24, 2.45) is 0 Å². The number of rotatable bonds is 7. The van der Waals surface area contributed by atoms with E-state index in [0.29, 0.717) is 3.63 Å². The zero-order valence-electron chi connectivity index (χ0n) is 28.1. The first-order valence-electron chi connectivity index (χ1n) is 16.2. The van der Waals surface area contributed by atoms with Crippen molar-refractivity contribution >= 4 is 48.6 Å². The molecule has 6 rings (SSSR count). The summed E-state index contributed by atoms with van der Waals surface area (Å²) in [5.41, 5.74) is 12.6. The van der Waals surface area contributed by atoms with Crippen LogP contribution in [0.3, 0.4) is 0 Å². The predicted molar refractivity (Wildman–Crippen MR) is 200 cm³/mol. The fourth-order valence-electron chi connectivity index (χ4n) is 7.27. The molecule has 0 spiro atoms. The molecule has 0 aliphatic heterocycles. The average molecular weight is 703 g/mol. The molecule has 44 heavy (non-hydrogen) atoms. The van der Waals surface area contributed by atoms with Gasteiger partial charge < -0.3 is 0 Å². The molecule has 0 saturated carbocycles. The van der Waals surface area contributed by atoms with Gasteiger partial charge in [-0.05, 0) is 0 Å². The van der Waals surface area contributed by atoms with Crippen LogP contribution in [0.1, 0.15) is 37.9 Å². The summed E-state index contributed by atoms with van der Waals surface area (Å²) < 4.78 is 2.10. The van der Waals surface area contributed by atoms with Crippen LogP contribution in [0.25, 0.3) is 16.7 Å². The van der Waals surface area contributed by atoms with Gasteiger partial charge in [0, 0.05) is 0 Å². The third-order valence-corrected chi connectivity index (χ3v) is 19.8. The Morgan fingerprint density at radius 3 is 1.73 bits per heavy atom. The summed E-state index contributed by atoms with van der Waals surface area (Å²) in [4.78, 5) is 0. The monoisotopic (exact) mass is 701 g/mol. The van der Waals surface area contributed by atoms with Gasteiger partial charge in [0.05, 0.1) is 0 Å². The summed E-state index contributed by atoms with van der Waals surface area (Å²) in [6.45, 7) is 23.2. The van der Waals surface area contributed by atoms with Gasteiger partial charge in [-0.1, -0.05) is 0 Å². The van der Waals surface area contributed by atoms with E-state index in [1.807, 2.05) is 0 Å². The summed E-state index contributed by atoms with van der Waals surface area (Å²) in [7, 11) is -4.97. The molecule has 0 fully saturated rings. The third kappa shape index (κ3) is 5.88. The van der Waals surface area contributed by atoms with Gasteiger partial charge in [-0.15, -0.1) is 0 Å². The van der Waals surface area contributed by atoms with Crippen molar-refractivity contribution in [3.63, 3.8) is 0 Å². The Kier molecular flexibility index (Phi) is 8.54. The average Bonchev–Trinajstić information content (AvgIpc) is 3.61. The van der Waals surface area contributed by atoms with E-state index < -0.39 is 47.0 Å². The van der Waals surface area contributed by atoms with Crippen LogP contribution in [0, 0.1) is 0 Å². The topological polar surface area (TPSA) is 0 Å². The van der Waals surface area contributed by atoms with Crippen LogP contribution in [-0.2, 0) is 22.8 Å². The molecule has 2 aliphatic rings. The minimum absolute atomic E-state index is 0.484. The maximum absolute atomic E-state index is 2.76. The zero-order valence-corrected chi connectivity index (χ0v) is 33.6. The second kappa shape index (κ2) is 11.8. The van der Waals surface area contributed by atoms with Gasteiger partial charge in [-0.2, -0.15) is 0 Å². The molecule has 1 unspecified atom stereocenters. The van der Waals surface area contributed by atoms with Crippen LogP contribution in [0.5, 0.6) is 0 Å². The molecule has 1 atom stereocenters. The Labute approximate surface area is 280 Å². The number of fused-ring (bicyclic) bond motifs is 3. The first-order chi connectivity index (χ1) is 20.8. The van der Waals surface area contributed by atoms with Crippen molar-refractivity contribution < 1.29 is 22.8 Å². The van der Waals surface area contributed by atoms with Gasteiger partial charge >= 0.3 is 282 Å². The second-order valence-electron chi connectivity index (χ2n) is 15.7. The predicted octanol–water partition coefficient (Wildman–Crippen LogP) is 9.09. The normalized spacial score (nSPS) is 15.9. The Morgan fingerprint density at radius 2 is 1.23 bits per heavy atom. The van der Waals surface area contributed by atoms with Crippen molar-refractivity contribution in [1.29, 1.82) is 0 Å². The zero-order chi connectivity index (χ0) is 31.4. The van der Waals surface area contributed by atoms with Gasteiger partial charge in [0.25, 0.3) is 0 Å². The first kappa shape index (κ1) is 31.7. The first-order valence-corrected chi connectivity index (χ1v) is 29.4. The summed E-state index contributed by atoms with van der Waals surface area (Å²) in [5, 5.41) is 5.12. The van der Waals surface area contributed by atoms with E-state index in [1.165, 1.54) is 11.1 Å². The van der Waals surface area contributed by atoms with E-state index in [1.54, 1.807) is 52.2 Å². The molecule has 223 valence electrons. The summed E-state index contributed by atoms with van der Waals surface area (Å²) in [5.74, 6) is 0. The maximum atomic E-state index is 2.76. The van der Waals surface area contributed by atoms with Gasteiger partial charge in [0.15, 0.2) is 0 Å². The minimum atomic E-state index is -1.71. The van der Waals surface area contributed by atoms with E-state index in [4.69, 9.17) is 0 Å². The Balaban J connectivity index is 1.80. The van der Waals surface area contributed by atoms with E-state index in [2.05, 4.69) is 162 Å². The van der Waals surface area contributed by atoms with Crippen LogP contribution >= 0.6 is 0 Å². The molecule has 0 saturated heterocycles. The molecule has 0 radical (unpaired) electrons.